The third kappa shape index (κ3) is 5.08. The van der Waals surface area contributed by atoms with Gasteiger partial charge in [-0.05, 0) is 56.2 Å². The van der Waals surface area contributed by atoms with Gasteiger partial charge in [-0.3, -0.25) is 9.20 Å². The minimum atomic E-state index is -0.203. The van der Waals surface area contributed by atoms with Gasteiger partial charge in [-0.25, -0.2) is 4.98 Å². The zero-order valence-corrected chi connectivity index (χ0v) is 19.6. The molecule has 2 aromatic carbocycles. The van der Waals surface area contributed by atoms with Crippen LogP contribution in [0.15, 0.2) is 66.9 Å². The number of fused-ring (bicyclic) bond motifs is 1. The number of anilines is 1. The number of amides is 1. The van der Waals surface area contributed by atoms with E-state index in [9.17, 15) is 4.79 Å². The molecule has 34 heavy (non-hydrogen) atoms. The van der Waals surface area contributed by atoms with Crippen LogP contribution in [0.1, 0.15) is 47.8 Å². The van der Waals surface area contributed by atoms with E-state index in [1.807, 2.05) is 47.0 Å². The second kappa shape index (κ2) is 9.38. The van der Waals surface area contributed by atoms with Crippen LogP contribution in [0.3, 0.4) is 0 Å². The molecule has 0 spiro atoms. The number of carbonyl (C=O) groups excluding carboxylic acids is 1. The first kappa shape index (κ1) is 23.0. The van der Waals surface area contributed by atoms with Gasteiger partial charge in [-0.1, -0.05) is 36.4 Å². The molecule has 4 aromatic rings. The van der Waals surface area contributed by atoms with Crippen LogP contribution in [0.5, 0.6) is 0 Å². The Balaban J connectivity index is 1.65. The normalized spacial score (nSPS) is 11.3. The molecule has 0 saturated carbocycles. The number of imidazole rings is 1. The lowest BCUT2D eigenvalue weighted by atomic mass is 10.1. The van der Waals surface area contributed by atoms with Crippen LogP contribution in [0.2, 0.25) is 0 Å². The Bertz CT molecular complexity index is 1370. The van der Waals surface area contributed by atoms with Gasteiger partial charge in [-0.2, -0.15) is 5.26 Å². The number of nitrogens with two attached hydrogens (primary N) is 1. The summed E-state index contributed by atoms with van der Waals surface area (Å²) in [4.78, 5) is 17.7. The summed E-state index contributed by atoms with van der Waals surface area (Å²) in [6, 6.07) is 20.9. The summed E-state index contributed by atoms with van der Waals surface area (Å²) in [6.45, 7) is 7.12. The Morgan fingerprint density at radius 2 is 1.82 bits per heavy atom. The van der Waals surface area contributed by atoms with Gasteiger partial charge in [0.15, 0.2) is 0 Å². The molecule has 0 fully saturated rings. The third-order valence-corrected chi connectivity index (χ3v) is 5.35. The standard InChI is InChI=1S/C27H28N6O/c1-27(2,3)32-25-24(21-9-7-18(15-28)8-10-21)31-23-14-22(11-12-33(23)25)26(34)30-17-20-6-4-5-19(13-20)16-29/h4-14,32H,16-17,29H2,1-3H3,(H,30,34). The second-order valence-corrected chi connectivity index (χ2v) is 9.22. The highest BCUT2D eigenvalue weighted by Crippen LogP contribution is 2.31. The van der Waals surface area contributed by atoms with E-state index in [-0.39, 0.29) is 11.4 Å². The summed E-state index contributed by atoms with van der Waals surface area (Å²) < 4.78 is 1.94. The summed E-state index contributed by atoms with van der Waals surface area (Å²) >= 11 is 0. The van der Waals surface area contributed by atoms with E-state index >= 15 is 0 Å². The van der Waals surface area contributed by atoms with Crippen molar-refractivity contribution in [3.05, 3.63) is 89.1 Å². The molecule has 7 nitrogen and oxygen atoms in total. The molecule has 172 valence electrons. The predicted molar refractivity (Wildman–Crippen MR) is 134 cm³/mol. The van der Waals surface area contributed by atoms with Crippen LogP contribution >= 0.6 is 0 Å². The zero-order valence-electron chi connectivity index (χ0n) is 19.6. The Morgan fingerprint density at radius 3 is 2.50 bits per heavy atom. The maximum atomic E-state index is 12.9. The highest BCUT2D eigenvalue weighted by molar-refractivity contribution is 5.95. The average Bonchev–Trinajstić information content (AvgIpc) is 3.18. The summed E-state index contributed by atoms with van der Waals surface area (Å²) in [5.41, 5.74) is 11.0. The van der Waals surface area contributed by atoms with Crippen molar-refractivity contribution >= 4 is 17.4 Å². The van der Waals surface area contributed by atoms with Crippen LogP contribution in [0, 0.1) is 11.3 Å². The van der Waals surface area contributed by atoms with Crippen LogP contribution in [0.25, 0.3) is 16.9 Å². The van der Waals surface area contributed by atoms with Gasteiger partial charge >= 0.3 is 0 Å². The molecule has 0 aliphatic carbocycles. The minimum Gasteiger partial charge on any atom is -0.365 e. The van der Waals surface area contributed by atoms with E-state index < -0.39 is 0 Å². The number of nitrogens with one attached hydrogen (secondary N) is 2. The fourth-order valence-electron chi connectivity index (χ4n) is 3.72. The van der Waals surface area contributed by atoms with Crippen LogP contribution < -0.4 is 16.4 Å². The van der Waals surface area contributed by atoms with Crippen molar-refractivity contribution in [1.29, 1.82) is 5.26 Å². The van der Waals surface area contributed by atoms with E-state index in [2.05, 4.69) is 37.5 Å². The molecule has 0 aliphatic heterocycles. The number of nitriles is 1. The smallest absolute Gasteiger partial charge is 0.251 e. The molecule has 2 aromatic heterocycles. The van der Waals surface area contributed by atoms with Gasteiger partial charge < -0.3 is 16.4 Å². The highest BCUT2D eigenvalue weighted by atomic mass is 16.1. The Hall–Kier alpha value is -4.15. The number of pyridine rings is 1. The number of aromatic nitrogens is 2. The third-order valence-electron chi connectivity index (χ3n) is 5.35. The number of hydrogen-bond acceptors (Lipinski definition) is 5. The monoisotopic (exact) mass is 452 g/mol. The number of rotatable bonds is 6. The van der Waals surface area contributed by atoms with Crippen molar-refractivity contribution in [3.8, 4) is 17.3 Å². The summed E-state index contributed by atoms with van der Waals surface area (Å²) in [7, 11) is 0. The van der Waals surface area contributed by atoms with Crippen molar-refractivity contribution in [2.24, 2.45) is 5.73 Å². The molecule has 4 rings (SSSR count). The van der Waals surface area contributed by atoms with E-state index in [4.69, 9.17) is 16.0 Å². The van der Waals surface area contributed by atoms with Gasteiger partial charge in [0.25, 0.3) is 5.91 Å². The van der Waals surface area contributed by atoms with E-state index in [0.29, 0.717) is 29.9 Å². The van der Waals surface area contributed by atoms with E-state index in [1.54, 1.807) is 24.3 Å². The summed E-state index contributed by atoms with van der Waals surface area (Å²) in [5.74, 6) is 0.659. The van der Waals surface area contributed by atoms with Crippen LogP contribution in [-0.4, -0.2) is 20.8 Å². The van der Waals surface area contributed by atoms with Gasteiger partial charge in [0.05, 0.1) is 11.6 Å². The lowest BCUT2D eigenvalue weighted by molar-refractivity contribution is 0.0951. The molecule has 0 radical (unpaired) electrons. The molecule has 4 N–H and O–H groups in total. The van der Waals surface area contributed by atoms with Crippen LogP contribution in [0.4, 0.5) is 5.82 Å². The average molecular weight is 453 g/mol. The predicted octanol–water partition coefficient (Wildman–Crippen LogP) is 4.47. The largest absolute Gasteiger partial charge is 0.365 e. The van der Waals surface area contributed by atoms with Crippen molar-refractivity contribution < 1.29 is 4.79 Å². The first-order valence-corrected chi connectivity index (χ1v) is 11.1. The summed E-state index contributed by atoms with van der Waals surface area (Å²) in [5, 5.41) is 15.6. The van der Waals surface area contributed by atoms with Crippen molar-refractivity contribution in [3.63, 3.8) is 0 Å². The fraction of sp³-hybridized carbons (Fsp3) is 0.222. The lowest BCUT2D eigenvalue weighted by Gasteiger charge is -2.22. The van der Waals surface area contributed by atoms with Gasteiger partial charge in [0.1, 0.15) is 17.2 Å². The molecule has 0 bridgehead atoms. The number of nitrogens with zero attached hydrogens (tertiary/aromatic N) is 3. The summed E-state index contributed by atoms with van der Waals surface area (Å²) in [6.07, 6.45) is 1.85. The van der Waals surface area contributed by atoms with Gasteiger partial charge in [0, 0.05) is 36.0 Å². The fourth-order valence-corrected chi connectivity index (χ4v) is 3.72. The number of benzene rings is 2. The first-order chi connectivity index (χ1) is 16.3. The minimum absolute atomic E-state index is 0.172. The highest BCUT2D eigenvalue weighted by Gasteiger charge is 2.20. The quantitative estimate of drug-likeness (QED) is 0.400. The Kier molecular flexibility index (Phi) is 6.35. The molecular formula is C27H28N6O. The van der Waals surface area contributed by atoms with E-state index in [0.717, 1.165) is 28.2 Å². The molecule has 0 atom stereocenters. The molecule has 0 unspecified atom stereocenters. The number of hydrogen-bond donors (Lipinski definition) is 3. The second-order valence-electron chi connectivity index (χ2n) is 9.22. The zero-order chi connectivity index (χ0) is 24.3. The SMILES string of the molecule is CC(C)(C)Nc1c(-c2ccc(C#N)cc2)nc2cc(C(=O)NCc3cccc(CN)c3)ccn12. The molecule has 1 amide bonds. The lowest BCUT2D eigenvalue weighted by Crippen LogP contribution is -2.27. The molecule has 0 saturated heterocycles. The van der Waals surface area contributed by atoms with Gasteiger partial charge in [0.2, 0.25) is 0 Å². The Morgan fingerprint density at radius 1 is 1.09 bits per heavy atom. The number of carbonyl (C=O) groups is 1. The first-order valence-electron chi connectivity index (χ1n) is 11.1. The molecule has 7 heteroatoms. The molecule has 0 aliphatic rings. The molecular weight excluding hydrogens is 424 g/mol. The van der Waals surface area contributed by atoms with Crippen molar-refractivity contribution in [2.75, 3.05) is 5.32 Å². The van der Waals surface area contributed by atoms with Crippen LogP contribution in [-0.2, 0) is 13.1 Å². The van der Waals surface area contributed by atoms with Gasteiger partial charge in [-0.15, -0.1) is 0 Å². The van der Waals surface area contributed by atoms with E-state index in [1.165, 1.54) is 0 Å². The maximum Gasteiger partial charge on any atom is 0.251 e. The van der Waals surface area contributed by atoms with Crippen molar-refractivity contribution in [1.82, 2.24) is 14.7 Å². The Labute approximate surface area is 199 Å². The molecule has 2 heterocycles. The van der Waals surface area contributed by atoms with Crippen molar-refractivity contribution in [2.45, 2.75) is 39.4 Å². The topological polar surface area (TPSA) is 108 Å². The maximum absolute atomic E-state index is 12.9.